The van der Waals surface area contributed by atoms with E-state index in [1.54, 1.807) is 78.1 Å². The number of aliphatic hydroxyl groups excluding tert-OH is 1. The summed E-state index contributed by atoms with van der Waals surface area (Å²) < 4.78 is 39.2. The first-order valence-corrected chi connectivity index (χ1v) is 52.8. The van der Waals surface area contributed by atoms with Crippen molar-refractivity contribution in [1.82, 2.24) is 47.2 Å². The third-order valence-electron chi connectivity index (χ3n) is 29.4. The Morgan fingerprint density at radius 1 is 0.374 bits per heavy atom. The number of likely N-dealkylation sites (N-methyl/N-ethyl adjacent to an activating group) is 5. The molecule has 9 aromatic rings. The fourth-order valence-corrected chi connectivity index (χ4v) is 24.2. The highest BCUT2D eigenvalue weighted by atomic mass is 32.1. The van der Waals surface area contributed by atoms with Crippen LogP contribution in [-0.4, -0.2) is 122 Å². The topological polar surface area (TPSA) is 336 Å². The molecule has 0 saturated heterocycles. The van der Waals surface area contributed by atoms with Gasteiger partial charge in [-0.05, 0) is 253 Å². The van der Waals surface area contributed by atoms with Crippen LogP contribution in [-0.2, 0) is 93.0 Å². The van der Waals surface area contributed by atoms with Crippen LogP contribution < -0.4 is 48.7 Å². The Balaban J connectivity index is 0.000000161. The monoisotopic (exact) mass is 1960 g/mol. The van der Waals surface area contributed by atoms with Gasteiger partial charge in [-0.2, -0.15) is 0 Å². The van der Waals surface area contributed by atoms with Gasteiger partial charge in [0.2, 0.25) is 0 Å². The first-order valence-electron chi connectivity index (χ1n) is 50.1. The second kappa shape index (κ2) is 53.2. The Morgan fingerprint density at radius 3 is 1.15 bits per heavy atom. The molecule has 18 rings (SSSR count). The van der Waals surface area contributed by atoms with Crippen LogP contribution in [0.2, 0.25) is 0 Å². The molecule has 9 fully saturated rings. The molecule has 0 spiro atoms. The number of hydrogen-bond acceptors (Lipinski definition) is 24. The molecule has 0 aliphatic heterocycles. The summed E-state index contributed by atoms with van der Waals surface area (Å²) in [5, 5.41) is 36.1. The lowest BCUT2D eigenvalue weighted by Crippen LogP contribution is -2.53. The number of carbonyl (C=O) groups excluding carboxylic acids is 9. The zero-order valence-electron chi connectivity index (χ0n) is 83.0. The molecule has 12 N–H and O–H groups in total. The van der Waals surface area contributed by atoms with Gasteiger partial charge in [0.05, 0.1) is 21.9 Å². The number of carbonyl (C=O) groups is 9. The molecule has 9 aliphatic carbocycles. The molecule has 139 heavy (non-hydrogen) atoms. The van der Waals surface area contributed by atoms with Gasteiger partial charge in [0.25, 0.3) is 0 Å². The SMILES string of the molecule is CC(C)N[C@]1(c2ccccc2)CCCCC1=O.CN[C@]1(c2ccc(F)cc2)CCCCC1=O.CN[C@]1(c2cccc(C)c2)CCCCC1=O.CN[C@]1(c2cncs2)CCCCC1=O.CN[C@]1(c2nccs2)CCCCC1=O.CN[C@]1(c2sccc2F)CCCCC1=O.Cc1ccccc1[C@@]1(N)CCCCC1=O.N[C@]1(c2ccc(F)cc2)CCCCC1=O.O=C1CCCC[C@]1(NCCO)c1ccccc1. The van der Waals surface area contributed by atoms with Gasteiger partial charge >= 0.3 is 0 Å². The second-order valence-corrected chi connectivity index (χ2v) is 41.1. The van der Waals surface area contributed by atoms with Crippen LogP contribution in [0.3, 0.4) is 0 Å². The third kappa shape index (κ3) is 27.0. The van der Waals surface area contributed by atoms with Gasteiger partial charge in [-0.3, -0.25) is 58.8 Å². The van der Waals surface area contributed by atoms with Gasteiger partial charge in [-0.15, -0.1) is 34.0 Å². The molecule has 750 valence electrons. The number of hydrogen-bond donors (Lipinski definition) is 10. The number of thiophene rings is 1. The maximum atomic E-state index is 13.6. The van der Waals surface area contributed by atoms with Crippen molar-refractivity contribution in [2.45, 2.75) is 315 Å². The number of benzene rings is 6. The van der Waals surface area contributed by atoms with Gasteiger partial charge in [0, 0.05) is 88.1 Å². The Labute approximate surface area is 833 Å². The number of ketones is 9. The van der Waals surface area contributed by atoms with Gasteiger partial charge < -0.3 is 43.2 Å². The number of nitrogens with one attached hydrogen (secondary N) is 7. The summed E-state index contributed by atoms with van der Waals surface area (Å²) in [6.07, 6.45) is 35.2. The van der Waals surface area contributed by atoms with Gasteiger partial charge in [-0.1, -0.05) is 197 Å². The molecule has 3 heterocycles. The molecule has 9 aliphatic rings. The minimum absolute atomic E-state index is 0.0574. The molecule has 0 amide bonds. The Hall–Kier alpha value is -9.30. The van der Waals surface area contributed by atoms with E-state index in [0.717, 1.165) is 209 Å². The number of aromatic nitrogens is 2. The van der Waals surface area contributed by atoms with Crippen molar-refractivity contribution in [3.63, 3.8) is 0 Å². The van der Waals surface area contributed by atoms with Crippen molar-refractivity contribution in [3.8, 4) is 0 Å². The average Bonchev–Trinajstić information content (AvgIpc) is 1.75. The van der Waals surface area contributed by atoms with Crippen LogP contribution in [0.4, 0.5) is 13.2 Å². The molecule has 0 radical (unpaired) electrons. The lowest BCUT2D eigenvalue weighted by Gasteiger charge is -2.38. The lowest BCUT2D eigenvalue weighted by molar-refractivity contribution is -0.129. The number of thiazole rings is 2. The van der Waals surface area contributed by atoms with Crippen LogP contribution in [0.25, 0.3) is 0 Å². The molecule has 0 bridgehead atoms. The highest BCUT2D eigenvalue weighted by Crippen LogP contribution is 2.44. The smallest absolute Gasteiger partial charge is 0.159 e. The molecule has 0 unspecified atom stereocenters. The third-order valence-corrected chi connectivity index (χ3v) is 32.4. The fraction of sp³-hybridized carbons (Fsp3) is 0.509. The standard InChI is InChI=1S/C15H21NO.C14H19NO2.C14H19NO.C13H16FNO.C13H17NO.C12H14FNO.C11H14FNOS.2C10H14N2OS/c1-12(2)16-15(11-7-6-10-14(15)17)13-8-4-3-5-9-13;16-11-10-15-14(9-5-4-8-13(14)17)12-6-2-1-3-7-12;1-11-6-5-7-12(10-11)14(15-2)9-4-3-8-13(14)16;1-15-13(9-3-2-4-12(13)16)10-5-7-11(14)8-6-10;1-10-6-2-3-7-11(10)13(14)9-5-4-8-12(13)15;13-10-6-4-9(5-7-10)12(14)8-2-1-3-11(12)15;1-13-11(6-3-2-4-9(11)14)10-8(12)5-7-15-10;1-11-10(9-6-12-7-14-9)5-3-2-4-8(10)13;1-11-10(9-12-6-7-14-9)5-3-2-4-8(10)13/h3-5,8-9,12,16H,6-7,10-11H2,1-2H3;1-3,6-7,15-16H,4-5,8-11H2;5-7,10,15H,3-4,8-9H2,1-2H3;5-8,15H,2-4,9H2,1H3;2-3,6-7H,4-5,8-9,14H2,1H3;4-7H,1-3,8,14H2;5,7,13H,2-4,6H2,1H3;2*6-7,11H,2-5H2,1H3/t15-;2*14-;2*13-;12-;11-;2*10-/m000000111/s1. The number of Topliss-reactive ketones (excluding diaryl/α,β-unsaturated/α-hetero) is 9. The first-order chi connectivity index (χ1) is 66.9. The van der Waals surface area contributed by atoms with Crippen LogP contribution >= 0.6 is 34.0 Å². The second-order valence-electron chi connectivity index (χ2n) is 38.4. The van der Waals surface area contributed by atoms with E-state index in [2.05, 4.69) is 98.3 Å². The normalized spacial score (nSPS) is 26.3. The summed E-state index contributed by atoms with van der Waals surface area (Å²) in [7, 11) is 9.15. The zero-order chi connectivity index (χ0) is 100. The van der Waals surface area contributed by atoms with Crippen molar-refractivity contribution in [1.29, 1.82) is 0 Å². The predicted molar refractivity (Wildman–Crippen MR) is 550 cm³/mol. The largest absolute Gasteiger partial charge is 0.395 e. The van der Waals surface area contributed by atoms with Crippen LogP contribution in [0.15, 0.2) is 192 Å². The van der Waals surface area contributed by atoms with Crippen molar-refractivity contribution >= 4 is 86.1 Å². The van der Waals surface area contributed by atoms with Crippen molar-refractivity contribution < 1.29 is 61.4 Å². The van der Waals surface area contributed by atoms with Crippen molar-refractivity contribution in [3.05, 3.63) is 269 Å². The molecule has 21 nitrogen and oxygen atoms in total. The molecule has 9 atom stereocenters. The molecule has 6 aromatic carbocycles. The van der Waals surface area contributed by atoms with E-state index < -0.39 is 49.9 Å². The van der Waals surface area contributed by atoms with Gasteiger partial charge in [0.1, 0.15) is 72.3 Å². The number of rotatable bonds is 19. The maximum Gasteiger partial charge on any atom is 0.159 e. The number of halogens is 3. The van der Waals surface area contributed by atoms with Gasteiger partial charge in [-0.25, -0.2) is 18.2 Å². The lowest BCUT2D eigenvalue weighted by atomic mass is 9.75. The van der Waals surface area contributed by atoms with E-state index >= 15 is 0 Å². The van der Waals surface area contributed by atoms with Crippen LogP contribution in [0.5, 0.6) is 0 Å². The predicted octanol–water partition coefficient (Wildman–Crippen LogP) is 19.8. The average molecular weight is 1960 g/mol. The van der Waals surface area contributed by atoms with Crippen LogP contribution in [0, 0.1) is 31.3 Å². The summed E-state index contributed by atoms with van der Waals surface area (Å²) in [5.74, 6) is 1.33. The van der Waals surface area contributed by atoms with Crippen molar-refractivity contribution in [2.24, 2.45) is 11.5 Å². The Kier molecular flexibility index (Phi) is 42.7. The fourth-order valence-electron chi connectivity index (χ4n) is 21.5. The quantitative estimate of drug-likeness (QED) is 0.0359. The van der Waals surface area contributed by atoms with E-state index in [1.165, 1.54) is 47.2 Å². The van der Waals surface area contributed by atoms with Crippen molar-refractivity contribution in [2.75, 3.05) is 48.4 Å². The Morgan fingerprint density at radius 2 is 0.755 bits per heavy atom. The maximum absolute atomic E-state index is 13.6. The molecule has 9 saturated carbocycles. The number of nitrogens with zero attached hydrogens (tertiary/aromatic N) is 2. The molecular weight excluding hydrogens is 1810 g/mol. The molecule has 3 aromatic heterocycles. The van der Waals surface area contributed by atoms with Gasteiger partial charge in [0.15, 0.2) is 52.0 Å². The molecular formula is C112H148F3N11O10S3. The summed E-state index contributed by atoms with van der Waals surface area (Å²) in [6.45, 7) is 8.81. The van der Waals surface area contributed by atoms with Crippen LogP contribution in [0.1, 0.15) is 304 Å². The summed E-state index contributed by atoms with van der Waals surface area (Å²) in [5.41, 5.74) is 17.1. The number of aryl methyl sites for hydroxylation is 2. The zero-order valence-corrected chi connectivity index (χ0v) is 85.4. The minimum atomic E-state index is -0.883. The van der Waals surface area contributed by atoms with E-state index in [9.17, 15) is 56.3 Å². The number of aliphatic hydroxyl groups is 1. The highest BCUT2D eigenvalue weighted by molar-refractivity contribution is 7.10. The summed E-state index contributed by atoms with van der Waals surface area (Å²) >= 11 is 4.45. The highest BCUT2D eigenvalue weighted by Gasteiger charge is 2.49. The molecule has 27 heteroatoms. The first kappa shape index (κ1) is 112. The number of nitrogens with two attached hydrogens (primary N) is 2. The summed E-state index contributed by atoms with van der Waals surface area (Å²) in [6, 6.07) is 50.2. The van der Waals surface area contributed by atoms with E-state index in [4.69, 9.17) is 16.6 Å². The minimum Gasteiger partial charge on any atom is -0.395 e. The summed E-state index contributed by atoms with van der Waals surface area (Å²) in [4.78, 5) is 118. The van der Waals surface area contributed by atoms with E-state index in [0.29, 0.717) is 111 Å². The van der Waals surface area contributed by atoms with E-state index in [-0.39, 0.29) is 53.0 Å². The Bertz CT molecular complexity index is 5380. The van der Waals surface area contributed by atoms with E-state index in [1.807, 2.05) is 119 Å².